The van der Waals surface area contributed by atoms with Crippen molar-refractivity contribution in [3.63, 3.8) is 0 Å². The molecule has 130 valence electrons. The Kier molecular flexibility index (Phi) is 5.16. The van der Waals surface area contributed by atoms with Crippen molar-refractivity contribution in [1.82, 2.24) is 4.90 Å². The number of fused-ring (bicyclic) bond motifs is 1. The molecule has 2 aromatic rings. The Balaban J connectivity index is 1.73. The monoisotopic (exact) mass is 378 g/mol. The molecule has 1 N–H and O–H groups in total. The van der Waals surface area contributed by atoms with Crippen LogP contribution in [0.3, 0.4) is 0 Å². The third-order valence-corrected chi connectivity index (χ3v) is 4.84. The Bertz CT molecular complexity index is 839. The number of rotatable bonds is 2. The van der Waals surface area contributed by atoms with E-state index in [1.165, 1.54) is 7.11 Å². The van der Waals surface area contributed by atoms with Gasteiger partial charge in [-0.15, -0.1) is 0 Å². The zero-order chi connectivity index (χ0) is 18.0. The number of hydrogen-bond acceptors (Lipinski definition) is 3. The van der Waals surface area contributed by atoms with Gasteiger partial charge >= 0.3 is 12.0 Å². The van der Waals surface area contributed by atoms with Crippen LogP contribution in [0.25, 0.3) is 0 Å². The number of methoxy groups -OCH3 is 1. The van der Waals surface area contributed by atoms with Crippen molar-refractivity contribution in [2.75, 3.05) is 19.0 Å². The van der Waals surface area contributed by atoms with Crippen LogP contribution in [0.2, 0.25) is 10.0 Å². The van der Waals surface area contributed by atoms with Gasteiger partial charge in [0.15, 0.2) is 0 Å². The van der Waals surface area contributed by atoms with Gasteiger partial charge < -0.3 is 15.0 Å². The smallest absolute Gasteiger partial charge is 0.337 e. The quantitative estimate of drug-likeness (QED) is 0.789. The van der Waals surface area contributed by atoms with Gasteiger partial charge in [0, 0.05) is 18.8 Å². The molecular formula is C18H16Cl2N2O3. The van der Waals surface area contributed by atoms with E-state index in [1.807, 2.05) is 6.07 Å². The minimum Gasteiger partial charge on any atom is -0.465 e. The highest BCUT2D eigenvalue weighted by Gasteiger charge is 2.22. The van der Waals surface area contributed by atoms with Gasteiger partial charge in [-0.2, -0.15) is 0 Å². The number of carbonyl (C=O) groups is 2. The summed E-state index contributed by atoms with van der Waals surface area (Å²) in [5.41, 5.74) is 3.13. The minimum absolute atomic E-state index is 0.229. The zero-order valence-electron chi connectivity index (χ0n) is 13.5. The van der Waals surface area contributed by atoms with Crippen molar-refractivity contribution in [3.8, 4) is 0 Å². The second kappa shape index (κ2) is 7.33. The molecule has 25 heavy (non-hydrogen) atoms. The van der Waals surface area contributed by atoms with E-state index in [-0.39, 0.29) is 12.0 Å². The fourth-order valence-electron chi connectivity index (χ4n) is 2.75. The number of nitrogens with zero attached hydrogens (tertiary/aromatic N) is 1. The van der Waals surface area contributed by atoms with Crippen molar-refractivity contribution in [1.29, 1.82) is 0 Å². The number of amides is 2. The first-order chi connectivity index (χ1) is 12.0. The van der Waals surface area contributed by atoms with Crippen molar-refractivity contribution in [2.24, 2.45) is 0 Å². The minimum atomic E-state index is -0.389. The van der Waals surface area contributed by atoms with Crippen LogP contribution in [-0.4, -0.2) is 30.6 Å². The molecular weight excluding hydrogens is 363 g/mol. The van der Waals surface area contributed by atoms with Gasteiger partial charge in [0.25, 0.3) is 0 Å². The fourth-order valence-corrected chi connectivity index (χ4v) is 3.05. The maximum Gasteiger partial charge on any atom is 0.337 e. The van der Waals surface area contributed by atoms with Gasteiger partial charge in [0.1, 0.15) is 0 Å². The number of carbonyl (C=O) groups excluding carboxylic acids is 2. The molecule has 0 saturated carbocycles. The van der Waals surface area contributed by atoms with E-state index in [9.17, 15) is 9.59 Å². The molecule has 0 aromatic heterocycles. The van der Waals surface area contributed by atoms with Crippen LogP contribution in [0.15, 0.2) is 36.4 Å². The summed E-state index contributed by atoms with van der Waals surface area (Å²) >= 11 is 11.9. The van der Waals surface area contributed by atoms with Crippen molar-refractivity contribution >= 4 is 40.9 Å². The van der Waals surface area contributed by atoms with E-state index >= 15 is 0 Å². The van der Waals surface area contributed by atoms with Gasteiger partial charge in [-0.3, -0.25) is 0 Å². The van der Waals surface area contributed by atoms with E-state index in [2.05, 4.69) is 5.32 Å². The van der Waals surface area contributed by atoms with E-state index in [4.69, 9.17) is 27.9 Å². The summed E-state index contributed by atoms with van der Waals surface area (Å²) in [4.78, 5) is 25.9. The first kappa shape index (κ1) is 17.6. The van der Waals surface area contributed by atoms with Gasteiger partial charge in [0.2, 0.25) is 0 Å². The van der Waals surface area contributed by atoms with Gasteiger partial charge in [0.05, 0.1) is 22.7 Å². The van der Waals surface area contributed by atoms with Gasteiger partial charge in [-0.1, -0.05) is 29.3 Å². The summed E-state index contributed by atoms with van der Waals surface area (Å²) in [5.74, 6) is -0.389. The van der Waals surface area contributed by atoms with E-state index in [1.54, 1.807) is 35.2 Å². The summed E-state index contributed by atoms with van der Waals surface area (Å²) in [6.07, 6.45) is 0.728. The number of nitrogens with one attached hydrogen (secondary N) is 1. The van der Waals surface area contributed by atoms with E-state index in [0.29, 0.717) is 34.4 Å². The average Bonchev–Trinajstić information content (AvgIpc) is 2.63. The Labute approximate surface area is 155 Å². The molecule has 1 aliphatic rings. The standard InChI is InChI=1S/C18H16Cl2N2O3/c1-25-17(23)12-3-2-11-6-7-22(10-13(11)8-12)18(24)21-14-4-5-15(19)16(20)9-14/h2-5,8-9H,6-7,10H2,1H3,(H,21,24). The van der Waals surface area contributed by atoms with Crippen LogP contribution >= 0.6 is 23.2 Å². The normalized spacial score (nSPS) is 13.2. The van der Waals surface area contributed by atoms with E-state index < -0.39 is 0 Å². The van der Waals surface area contributed by atoms with Crippen LogP contribution in [0.1, 0.15) is 21.5 Å². The molecule has 5 nitrogen and oxygen atoms in total. The molecule has 0 atom stereocenters. The third-order valence-electron chi connectivity index (χ3n) is 4.10. The lowest BCUT2D eigenvalue weighted by Crippen LogP contribution is -2.39. The lowest BCUT2D eigenvalue weighted by Gasteiger charge is -2.29. The lowest BCUT2D eigenvalue weighted by molar-refractivity contribution is 0.0600. The molecule has 0 saturated heterocycles. The molecule has 0 aliphatic carbocycles. The molecule has 0 radical (unpaired) electrons. The number of esters is 1. The predicted molar refractivity (Wildman–Crippen MR) is 97.4 cm³/mol. The first-order valence-electron chi connectivity index (χ1n) is 7.69. The number of urea groups is 1. The Hall–Kier alpha value is -2.24. The summed E-state index contributed by atoms with van der Waals surface area (Å²) in [6, 6.07) is 10.1. The zero-order valence-corrected chi connectivity index (χ0v) is 15.0. The summed E-state index contributed by atoms with van der Waals surface area (Å²) in [5, 5.41) is 3.62. The predicted octanol–water partition coefficient (Wildman–Crippen LogP) is 4.37. The molecule has 7 heteroatoms. The Morgan fingerprint density at radius 2 is 1.88 bits per heavy atom. The molecule has 2 aromatic carbocycles. The Morgan fingerprint density at radius 3 is 2.60 bits per heavy atom. The van der Waals surface area contributed by atoms with E-state index in [0.717, 1.165) is 17.5 Å². The topological polar surface area (TPSA) is 58.6 Å². The number of benzene rings is 2. The largest absolute Gasteiger partial charge is 0.465 e. The number of halogens is 2. The molecule has 0 bridgehead atoms. The lowest BCUT2D eigenvalue weighted by atomic mass is 9.97. The number of hydrogen-bond donors (Lipinski definition) is 1. The summed E-state index contributed by atoms with van der Waals surface area (Å²) < 4.78 is 4.75. The molecule has 0 unspecified atom stereocenters. The highest BCUT2D eigenvalue weighted by atomic mass is 35.5. The van der Waals surface area contributed by atoms with Crippen molar-refractivity contribution < 1.29 is 14.3 Å². The van der Waals surface area contributed by atoms with Crippen LogP contribution in [-0.2, 0) is 17.7 Å². The van der Waals surface area contributed by atoms with Crippen molar-refractivity contribution in [2.45, 2.75) is 13.0 Å². The number of anilines is 1. The van der Waals surface area contributed by atoms with Crippen LogP contribution < -0.4 is 5.32 Å². The maximum atomic E-state index is 12.5. The van der Waals surface area contributed by atoms with Crippen molar-refractivity contribution in [3.05, 3.63) is 63.1 Å². The first-order valence-corrected chi connectivity index (χ1v) is 8.44. The molecule has 2 amide bonds. The molecule has 3 rings (SSSR count). The maximum absolute atomic E-state index is 12.5. The highest BCUT2D eigenvalue weighted by Crippen LogP contribution is 2.26. The third kappa shape index (κ3) is 3.89. The SMILES string of the molecule is COC(=O)c1ccc2c(c1)CN(C(=O)Nc1ccc(Cl)c(Cl)c1)CC2. The van der Waals surface area contributed by atoms with Gasteiger partial charge in [-0.25, -0.2) is 9.59 Å². The Morgan fingerprint density at radius 1 is 1.08 bits per heavy atom. The molecule has 1 aliphatic heterocycles. The van der Waals surface area contributed by atoms with Crippen LogP contribution in [0, 0.1) is 0 Å². The average molecular weight is 379 g/mol. The molecule has 0 spiro atoms. The van der Waals surface area contributed by atoms with Crippen LogP contribution in [0.4, 0.5) is 10.5 Å². The highest BCUT2D eigenvalue weighted by molar-refractivity contribution is 6.42. The second-order valence-electron chi connectivity index (χ2n) is 5.71. The molecule has 0 fully saturated rings. The summed E-state index contributed by atoms with van der Waals surface area (Å²) in [6.45, 7) is 1.02. The van der Waals surface area contributed by atoms with Crippen LogP contribution in [0.5, 0.6) is 0 Å². The second-order valence-corrected chi connectivity index (χ2v) is 6.52. The summed E-state index contributed by atoms with van der Waals surface area (Å²) in [7, 11) is 1.35. The van der Waals surface area contributed by atoms with Gasteiger partial charge in [-0.05, 0) is 47.9 Å². The molecule has 1 heterocycles. The number of ether oxygens (including phenoxy) is 1. The fraction of sp³-hybridized carbons (Fsp3) is 0.222.